The van der Waals surface area contributed by atoms with E-state index in [1.807, 2.05) is 29.2 Å². The summed E-state index contributed by atoms with van der Waals surface area (Å²) in [6.45, 7) is 6.76. The van der Waals surface area contributed by atoms with E-state index in [-0.39, 0.29) is 11.9 Å². The molecule has 3 rings (SSSR count). The summed E-state index contributed by atoms with van der Waals surface area (Å²) in [7, 11) is 0. The van der Waals surface area contributed by atoms with Gasteiger partial charge in [0.2, 0.25) is 5.91 Å². The second-order valence-corrected chi connectivity index (χ2v) is 7.52. The Bertz CT molecular complexity index is 559. The van der Waals surface area contributed by atoms with Crippen LogP contribution >= 0.6 is 11.6 Å². The maximum atomic E-state index is 13.0. The molecule has 24 heavy (non-hydrogen) atoms. The number of rotatable bonds is 4. The summed E-state index contributed by atoms with van der Waals surface area (Å²) < 4.78 is 0. The molecule has 1 amide bonds. The van der Waals surface area contributed by atoms with Gasteiger partial charge in [-0.25, -0.2) is 0 Å². The number of halogens is 1. The first-order valence-electron chi connectivity index (χ1n) is 9.12. The van der Waals surface area contributed by atoms with Gasteiger partial charge in [0.15, 0.2) is 0 Å². The quantitative estimate of drug-likeness (QED) is 0.878. The Hall–Kier alpha value is -1.10. The molecule has 2 saturated heterocycles. The van der Waals surface area contributed by atoms with Crippen molar-refractivity contribution >= 4 is 17.5 Å². The van der Waals surface area contributed by atoms with Gasteiger partial charge in [-0.3, -0.25) is 4.79 Å². The molecule has 0 spiro atoms. The summed E-state index contributed by atoms with van der Waals surface area (Å²) in [5.41, 5.74) is 1.05. The molecule has 5 heteroatoms. The molecule has 1 aromatic carbocycles. The zero-order chi connectivity index (χ0) is 16.9. The summed E-state index contributed by atoms with van der Waals surface area (Å²) in [4.78, 5) is 15.0. The predicted octanol–water partition coefficient (Wildman–Crippen LogP) is 2.84. The molecule has 0 radical (unpaired) electrons. The molecule has 2 aliphatic heterocycles. The molecule has 3 unspecified atom stereocenters. The lowest BCUT2D eigenvalue weighted by atomic mass is 9.85. The van der Waals surface area contributed by atoms with E-state index in [1.54, 1.807) is 0 Å². The lowest BCUT2D eigenvalue weighted by Gasteiger charge is -2.38. The number of hydrogen-bond acceptors (Lipinski definition) is 3. The third kappa shape index (κ3) is 4.11. The van der Waals surface area contributed by atoms with Gasteiger partial charge in [0.1, 0.15) is 0 Å². The SMILES string of the molecule is CC(CC(=O)N1CCNCC1c1ccccc1Cl)C1CCCNC1. The van der Waals surface area contributed by atoms with E-state index in [0.29, 0.717) is 18.3 Å². The number of carbonyl (C=O) groups is 1. The number of piperazine rings is 1. The van der Waals surface area contributed by atoms with Crippen LogP contribution in [0.1, 0.15) is 37.8 Å². The minimum absolute atomic E-state index is 0.0385. The Morgan fingerprint density at radius 3 is 2.83 bits per heavy atom. The van der Waals surface area contributed by atoms with Crippen LogP contribution in [0.5, 0.6) is 0 Å². The average molecular weight is 350 g/mol. The van der Waals surface area contributed by atoms with Crippen LogP contribution in [0.15, 0.2) is 24.3 Å². The second-order valence-electron chi connectivity index (χ2n) is 7.12. The van der Waals surface area contributed by atoms with E-state index in [9.17, 15) is 4.79 Å². The molecule has 0 saturated carbocycles. The minimum atomic E-state index is 0.0385. The number of piperidine rings is 1. The number of nitrogens with one attached hydrogen (secondary N) is 2. The maximum absolute atomic E-state index is 13.0. The van der Waals surface area contributed by atoms with E-state index < -0.39 is 0 Å². The summed E-state index contributed by atoms with van der Waals surface area (Å²) >= 11 is 6.38. The van der Waals surface area contributed by atoms with Crippen molar-refractivity contribution in [3.63, 3.8) is 0 Å². The monoisotopic (exact) mass is 349 g/mol. The van der Waals surface area contributed by atoms with Gasteiger partial charge in [-0.2, -0.15) is 0 Å². The molecule has 2 aliphatic rings. The van der Waals surface area contributed by atoms with E-state index >= 15 is 0 Å². The standard InChI is InChI=1S/C19H28ClN3O/c1-14(15-5-4-8-21-12-15)11-19(24)23-10-9-22-13-18(23)16-6-2-3-7-17(16)20/h2-3,6-7,14-15,18,21-22H,4-5,8-13H2,1H3. The molecule has 1 aromatic rings. The van der Waals surface area contributed by atoms with Crippen molar-refractivity contribution in [2.75, 3.05) is 32.7 Å². The first kappa shape index (κ1) is 17.7. The normalized spacial score (nSPS) is 26.2. The summed E-state index contributed by atoms with van der Waals surface area (Å²) in [5, 5.41) is 7.60. The summed E-state index contributed by atoms with van der Waals surface area (Å²) in [5.74, 6) is 1.30. The number of amides is 1. The Balaban J connectivity index is 1.68. The number of benzene rings is 1. The van der Waals surface area contributed by atoms with Crippen molar-refractivity contribution in [1.29, 1.82) is 0 Å². The molecular formula is C19H28ClN3O. The first-order chi connectivity index (χ1) is 11.7. The Labute approximate surface area is 149 Å². The van der Waals surface area contributed by atoms with E-state index in [1.165, 1.54) is 12.8 Å². The van der Waals surface area contributed by atoms with Gasteiger partial charge >= 0.3 is 0 Å². The third-order valence-electron chi connectivity index (χ3n) is 5.46. The van der Waals surface area contributed by atoms with Gasteiger partial charge in [0, 0.05) is 31.1 Å². The van der Waals surface area contributed by atoms with Crippen LogP contribution in [0, 0.1) is 11.8 Å². The van der Waals surface area contributed by atoms with Crippen LogP contribution in [0.4, 0.5) is 0 Å². The van der Waals surface area contributed by atoms with Crippen LogP contribution < -0.4 is 10.6 Å². The predicted molar refractivity (Wildman–Crippen MR) is 98.2 cm³/mol. The van der Waals surface area contributed by atoms with Gasteiger partial charge < -0.3 is 15.5 Å². The van der Waals surface area contributed by atoms with Crippen molar-refractivity contribution in [3.8, 4) is 0 Å². The van der Waals surface area contributed by atoms with Gasteiger partial charge in [-0.1, -0.05) is 36.7 Å². The molecule has 2 heterocycles. The molecule has 2 N–H and O–H groups in total. The zero-order valence-corrected chi connectivity index (χ0v) is 15.2. The smallest absolute Gasteiger partial charge is 0.223 e. The number of nitrogens with zero attached hydrogens (tertiary/aromatic N) is 1. The fourth-order valence-corrected chi connectivity index (χ4v) is 4.21. The van der Waals surface area contributed by atoms with Gasteiger partial charge in [-0.15, -0.1) is 0 Å². The average Bonchev–Trinajstić information content (AvgIpc) is 2.63. The van der Waals surface area contributed by atoms with Crippen molar-refractivity contribution in [2.45, 2.75) is 32.2 Å². The van der Waals surface area contributed by atoms with Crippen LogP contribution in [0.3, 0.4) is 0 Å². The molecule has 3 atom stereocenters. The highest BCUT2D eigenvalue weighted by Crippen LogP contribution is 2.30. The highest BCUT2D eigenvalue weighted by atomic mass is 35.5. The van der Waals surface area contributed by atoms with Crippen molar-refractivity contribution in [2.24, 2.45) is 11.8 Å². The van der Waals surface area contributed by atoms with Gasteiger partial charge in [0.05, 0.1) is 6.04 Å². The number of hydrogen-bond donors (Lipinski definition) is 2. The molecule has 4 nitrogen and oxygen atoms in total. The maximum Gasteiger partial charge on any atom is 0.223 e. The molecule has 0 bridgehead atoms. The summed E-state index contributed by atoms with van der Waals surface area (Å²) in [6, 6.07) is 7.91. The van der Waals surface area contributed by atoms with Crippen LogP contribution in [-0.2, 0) is 4.79 Å². The lowest BCUT2D eigenvalue weighted by molar-refractivity contribution is -0.136. The molecule has 2 fully saturated rings. The zero-order valence-electron chi connectivity index (χ0n) is 14.4. The van der Waals surface area contributed by atoms with Gasteiger partial charge in [0.25, 0.3) is 0 Å². The fourth-order valence-electron chi connectivity index (χ4n) is 3.95. The van der Waals surface area contributed by atoms with E-state index in [2.05, 4.69) is 17.6 Å². The third-order valence-corrected chi connectivity index (χ3v) is 5.81. The first-order valence-corrected chi connectivity index (χ1v) is 9.50. The van der Waals surface area contributed by atoms with Crippen molar-refractivity contribution < 1.29 is 4.79 Å². The Morgan fingerprint density at radius 1 is 1.29 bits per heavy atom. The molecule has 0 aromatic heterocycles. The van der Waals surface area contributed by atoms with Crippen LogP contribution in [0.2, 0.25) is 5.02 Å². The van der Waals surface area contributed by atoms with Gasteiger partial charge in [-0.05, 0) is 49.4 Å². The largest absolute Gasteiger partial charge is 0.333 e. The lowest BCUT2D eigenvalue weighted by Crippen LogP contribution is -2.49. The highest BCUT2D eigenvalue weighted by molar-refractivity contribution is 6.31. The fraction of sp³-hybridized carbons (Fsp3) is 0.632. The molecule has 132 valence electrons. The van der Waals surface area contributed by atoms with E-state index in [4.69, 9.17) is 11.6 Å². The van der Waals surface area contributed by atoms with Crippen molar-refractivity contribution in [1.82, 2.24) is 15.5 Å². The second kappa shape index (κ2) is 8.32. The molecular weight excluding hydrogens is 322 g/mol. The Kier molecular flexibility index (Phi) is 6.14. The van der Waals surface area contributed by atoms with E-state index in [0.717, 1.165) is 43.3 Å². The Morgan fingerprint density at radius 2 is 2.08 bits per heavy atom. The highest BCUT2D eigenvalue weighted by Gasteiger charge is 2.31. The van der Waals surface area contributed by atoms with Crippen LogP contribution in [0.25, 0.3) is 0 Å². The minimum Gasteiger partial charge on any atom is -0.333 e. The topological polar surface area (TPSA) is 44.4 Å². The molecule has 0 aliphatic carbocycles. The summed E-state index contributed by atoms with van der Waals surface area (Å²) in [6.07, 6.45) is 3.09. The van der Waals surface area contributed by atoms with Crippen LogP contribution in [-0.4, -0.2) is 43.5 Å². The van der Waals surface area contributed by atoms with Crippen molar-refractivity contribution in [3.05, 3.63) is 34.9 Å². The number of carbonyl (C=O) groups excluding carboxylic acids is 1.